The second-order valence-corrected chi connectivity index (χ2v) is 3.41. The molecule has 0 radical (unpaired) electrons. The van der Waals surface area contributed by atoms with E-state index in [0.717, 1.165) is 25.9 Å². The molecule has 4 heteroatoms. The highest BCUT2D eigenvalue weighted by Gasteiger charge is 2.20. The number of aromatic nitrogens is 1. The van der Waals surface area contributed by atoms with Crippen LogP contribution in [0.3, 0.4) is 0 Å². The van der Waals surface area contributed by atoms with Gasteiger partial charge in [0, 0.05) is 19.3 Å². The molecule has 0 bridgehead atoms. The maximum absolute atomic E-state index is 11.8. The number of nitrogens with one attached hydrogen (secondary N) is 1. The van der Waals surface area contributed by atoms with Gasteiger partial charge in [0.1, 0.15) is 5.56 Å². The fourth-order valence-electron chi connectivity index (χ4n) is 1.68. The Morgan fingerprint density at radius 2 is 2.07 bits per heavy atom. The minimum Gasteiger partial charge on any atom is -0.338 e. The molecule has 74 valence electrons. The normalized spacial score (nSPS) is 15.9. The molecule has 0 aromatic carbocycles. The largest absolute Gasteiger partial charge is 0.338 e. The van der Waals surface area contributed by atoms with Crippen molar-refractivity contribution in [1.29, 1.82) is 0 Å². The van der Waals surface area contributed by atoms with Gasteiger partial charge in [0.25, 0.3) is 11.5 Å². The molecule has 2 heterocycles. The van der Waals surface area contributed by atoms with Gasteiger partial charge in [-0.2, -0.15) is 0 Å². The molecule has 0 aliphatic carbocycles. The molecule has 1 saturated heterocycles. The first-order valence-electron chi connectivity index (χ1n) is 4.76. The molecule has 0 atom stereocenters. The third-order valence-corrected chi connectivity index (χ3v) is 2.44. The predicted octanol–water partition coefficient (Wildman–Crippen LogP) is 0.611. The fraction of sp³-hybridized carbons (Fsp3) is 0.400. The van der Waals surface area contributed by atoms with Crippen LogP contribution >= 0.6 is 0 Å². The Morgan fingerprint density at radius 3 is 2.71 bits per heavy atom. The van der Waals surface area contributed by atoms with E-state index in [4.69, 9.17) is 0 Å². The standard InChI is InChI=1S/C10H12N2O2/c13-9-8(4-3-5-11-9)10(14)12-6-1-2-7-12/h3-5H,1-2,6-7H2,(H,11,13). The predicted molar refractivity (Wildman–Crippen MR) is 52.2 cm³/mol. The van der Waals surface area contributed by atoms with Crippen molar-refractivity contribution in [2.24, 2.45) is 0 Å². The minimum atomic E-state index is -0.301. The maximum atomic E-state index is 11.8. The van der Waals surface area contributed by atoms with Gasteiger partial charge in [0.15, 0.2) is 0 Å². The summed E-state index contributed by atoms with van der Waals surface area (Å²) in [7, 11) is 0. The van der Waals surface area contributed by atoms with E-state index in [0.29, 0.717) is 0 Å². The molecule has 0 saturated carbocycles. The first kappa shape index (κ1) is 8.99. The Bertz CT molecular complexity index is 391. The number of carbonyl (C=O) groups is 1. The van der Waals surface area contributed by atoms with Crippen molar-refractivity contribution in [3.63, 3.8) is 0 Å². The molecular formula is C10H12N2O2. The van der Waals surface area contributed by atoms with Gasteiger partial charge in [0.05, 0.1) is 0 Å². The number of nitrogens with zero attached hydrogens (tertiary/aromatic N) is 1. The molecule has 1 aliphatic rings. The lowest BCUT2D eigenvalue weighted by Crippen LogP contribution is -2.32. The van der Waals surface area contributed by atoms with Gasteiger partial charge in [-0.05, 0) is 25.0 Å². The molecule has 1 N–H and O–H groups in total. The number of rotatable bonds is 1. The summed E-state index contributed by atoms with van der Waals surface area (Å²) in [5.41, 5.74) is -0.0567. The zero-order valence-corrected chi connectivity index (χ0v) is 7.82. The first-order chi connectivity index (χ1) is 6.79. The van der Waals surface area contributed by atoms with E-state index in [1.165, 1.54) is 6.20 Å². The molecule has 14 heavy (non-hydrogen) atoms. The second-order valence-electron chi connectivity index (χ2n) is 3.41. The lowest BCUT2D eigenvalue weighted by atomic mass is 10.2. The molecule has 1 fully saturated rings. The Morgan fingerprint density at radius 1 is 1.36 bits per heavy atom. The number of likely N-dealkylation sites (tertiary alicyclic amines) is 1. The van der Waals surface area contributed by atoms with Crippen LogP contribution in [0, 0.1) is 0 Å². The molecular weight excluding hydrogens is 180 g/mol. The number of H-pyrrole nitrogens is 1. The lowest BCUT2D eigenvalue weighted by Gasteiger charge is -2.13. The number of pyridine rings is 1. The Kier molecular flexibility index (Phi) is 2.35. The third kappa shape index (κ3) is 1.55. The second kappa shape index (κ2) is 3.65. The fourth-order valence-corrected chi connectivity index (χ4v) is 1.68. The monoisotopic (exact) mass is 192 g/mol. The van der Waals surface area contributed by atoms with Gasteiger partial charge in [-0.15, -0.1) is 0 Å². The molecule has 2 rings (SSSR count). The topological polar surface area (TPSA) is 53.2 Å². The Labute approximate surface area is 81.6 Å². The maximum Gasteiger partial charge on any atom is 0.260 e. The van der Waals surface area contributed by atoms with E-state index in [1.54, 1.807) is 17.0 Å². The first-order valence-corrected chi connectivity index (χ1v) is 4.76. The summed E-state index contributed by atoms with van der Waals surface area (Å²) in [4.78, 5) is 27.3. The van der Waals surface area contributed by atoms with Crippen molar-refractivity contribution < 1.29 is 4.79 Å². The summed E-state index contributed by atoms with van der Waals surface area (Å²) in [5.74, 6) is -0.149. The molecule has 0 unspecified atom stereocenters. The van der Waals surface area contributed by atoms with Gasteiger partial charge < -0.3 is 9.88 Å². The Hall–Kier alpha value is -1.58. The summed E-state index contributed by atoms with van der Waals surface area (Å²) in [5, 5.41) is 0. The van der Waals surface area contributed by atoms with Crippen LogP contribution in [0.15, 0.2) is 23.1 Å². The number of amides is 1. The molecule has 1 aromatic rings. The number of aromatic amines is 1. The minimum absolute atomic E-state index is 0.149. The quantitative estimate of drug-likeness (QED) is 0.708. The third-order valence-electron chi connectivity index (χ3n) is 2.44. The van der Waals surface area contributed by atoms with Crippen molar-refractivity contribution >= 4 is 5.91 Å². The average molecular weight is 192 g/mol. The summed E-state index contributed by atoms with van der Waals surface area (Å²) >= 11 is 0. The zero-order chi connectivity index (χ0) is 9.97. The molecule has 0 spiro atoms. The molecule has 1 aromatic heterocycles. The van der Waals surface area contributed by atoms with E-state index < -0.39 is 0 Å². The molecule has 1 aliphatic heterocycles. The Balaban J connectivity index is 2.26. The number of hydrogen-bond donors (Lipinski definition) is 1. The van der Waals surface area contributed by atoms with E-state index in [-0.39, 0.29) is 17.0 Å². The van der Waals surface area contributed by atoms with E-state index in [1.807, 2.05) is 0 Å². The van der Waals surface area contributed by atoms with Crippen LogP contribution in [-0.2, 0) is 0 Å². The van der Waals surface area contributed by atoms with Crippen LogP contribution in [-0.4, -0.2) is 28.9 Å². The van der Waals surface area contributed by atoms with Crippen molar-refractivity contribution in [3.8, 4) is 0 Å². The van der Waals surface area contributed by atoms with Crippen LogP contribution in [0.5, 0.6) is 0 Å². The summed E-state index contributed by atoms with van der Waals surface area (Å²) < 4.78 is 0. The van der Waals surface area contributed by atoms with Gasteiger partial charge in [-0.25, -0.2) is 0 Å². The highest BCUT2D eigenvalue weighted by atomic mass is 16.2. The smallest absolute Gasteiger partial charge is 0.260 e. The van der Waals surface area contributed by atoms with E-state index in [2.05, 4.69) is 4.98 Å². The molecule has 1 amide bonds. The van der Waals surface area contributed by atoms with Gasteiger partial charge in [0.2, 0.25) is 0 Å². The van der Waals surface area contributed by atoms with Crippen LogP contribution < -0.4 is 5.56 Å². The van der Waals surface area contributed by atoms with Crippen LogP contribution in [0.1, 0.15) is 23.2 Å². The molecule has 4 nitrogen and oxygen atoms in total. The SMILES string of the molecule is O=C(c1ccc[nH]c1=O)N1CCCC1. The summed E-state index contributed by atoms with van der Waals surface area (Å²) in [6.07, 6.45) is 3.61. The highest BCUT2D eigenvalue weighted by Crippen LogP contribution is 2.10. The van der Waals surface area contributed by atoms with E-state index >= 15 is 0 Å². The average Bonchev–Trinajstić information content (AvgIpc) is 2.70. The van der Waals surface area contributed by atoms with Crippen molar-refractivity contribution in [2.75, 3.05) is 13.1 Å². The van der Waals surface area contributed by atoms with Gasteiger partial charge >= 0.3 is 0 Å². The zero-order valence-electron chi connectivity index (χ0n) is 7.82. The van der Waals surface area contributed by atoms with Crippen molar-refractivity contribution in [1.82, 2.24) is 9.88 Å². The van der Waals surface area contributed by atoms with Crippen molar-refractivity contribution in [3.05, 3.63) is 34.2 Å². The van der Waals surface area contributed by atoms with Crippen LogP contribution in [0.2, 0.25) is 0 Å². The highest BCUT2D eigenvalue weighted by molar-refractivity contribution is 5.93. The summed E-state index contributed by atoms with van der Waals surface area (Å²) in [6.45, 7) is 1.54. The summed E-state index contributed by atoms with van der Waals surface area (Å²) in [6, 6.07) is 3.24. The lowest BCUT2D eigenvalue weighted by molar-refractivity contribution is 0.0791. The van der Waals surface area contributed by atoms with E-state index in [9.17, 15) is 9.59 Å². The van der Waals surface area contributed by atoms with Crippen molar-refractivity contribution in [2.45, 2.75) is 12.8 Å². The van der Waals surface area contributed by atoms with Crippen LogP contribution in [0.25, 0.3) is 0 Å². The number of hydrogen-bond acceptors (Lipinski definition) is 2. The van der Waals surface area contributed by atoms with Crippen LogP contribution in [0.4, 0.5) is 0 Å². The van der Waals surface area contributed by atoms with Gasteiger partial charge in [-0.1, -0.05) is 0 Å². The van der Waals surface area contributed by atoms with Gasteiger partial charge in [-0.3, -0.25) is 9.59 Å². The number of carbonyl (C=O) groups excluding carboxylic acids is 1.